The summed E-state index contributed by atoms with van der Waals surface area (Å²) in [4.78, 5) is 28.7. The lowest BCUT2D eigenvalue weighted by Crippen LogP contribution is -2.13. The van der Waals surface area contributed by atoms with Crippen LogP contribution in [0.2, 0.25) is 0 Å². The third-order valence-electron chi connectivity index (χ3n) is 2.24. The van der Waals surface area contributed by atoms with Gasteiger partial charge in [-0.05, 0) is 40.8 Å². The highest BCUT2D eigenvalue weighted by Crippen LogP contribution is 2.12. The van der Waals surface area contributed by atoms with Crippen LogP contribution in [0.1, 0.15) is 5.82 Å². The molecule has 0 aliphatic rings. The summed E-state index contributed by atoms with van der Waals surface area (Å²) in [5.41, 5.74) is 0.481. The van der Waals surface area contributed by atoms with Gasteiger partial charge in [-0.15, -0.1) is 0 Å². The minimum atomic E-state index is -0.174. The van der Waals surface area contributed by atoms with Crippen molar-refractivity contribution in [1.29, 1.82) is 0 Å². The Morgan fingerprint density at radius 1 is 1.47 bits per heavy atom. The molecule has 0 radical (unpaired) electrons. The van der Waals surface area contributed by atoms with Crippen molar-refractivity contribution in [3.63, 3.8) is 0 Å². The SMILES string of the molecule is O=COCCc1nc2cc(I)ccc2c(=O)[nH]1. The Balaban J connectivity index is 2.39. The molecule has 6 heteroatoms. The lowest BCUT2D eigenvalue weighted by molar-refractivity contribution is -0.128. The molecule has 17 heavy (non-hydrogen) atoms. The van der Waals surface area contributed by atoms with E-state index in [1.54, 1.807) is 6.07 Å². The Bertz CT molecular complexity index is 609. The predicted molar refractivity (Wildman–Crippen MR) is 70.8 cm³/mol. The summed E-state index contributed by atoms with van der Waals surface area (Å²) in [5, 5.41) is 0.561. The smallest absolute Gasteiger partial charge is 0.293 e. The number of fused-ring (bicyclic) bond motifs is 1. The summed E-state index contributed by atoms with van der Waals surface area (Å²) in [6.07, 6.45) is 0.398. The van der Waals surface area contributed by atoms with Crippen molar-refractivity contribution in [2.75, 3.05) is 6.61 Å². The zero-order chi connectivity index (χ0) is 12.3. The van der Waals surface area contributed by atoms with Crippen LogP contribution in [0.15, 0.2) is 23.0 Å². The first-order valence-corrected chi connectivity index (χ1v) is 6.02. The van der Waals surface area contributed by atoms with Gasteiger partial charge in [0.2, 0.25) is 0 Å². The van der Waals surface area contributed by atoms with Crippen molar-refractivity contribution in [3.8, 4) is 0 Å². The molecule has 2 aromatic rings. The number of carbonyl (C=O) groups is 1. The van der Waals surface area contributed by atoms with Crippen LogP contribution < -0.4 is 5.56 Å². The molecule has 0 aliphatic carbocycles. The van der Waals surface area contributed by atoms with Gasteiger partial charge in [0.15, 0.2) is 0 Å². The number of carbonyl (C=O) groups excluding carboxylic acids is 1. The highest BCUT2D eigenvalue weighted by atomic mass is 127. The first kappa shape index (κ1) is 12.0. The molecule has 1 aromatic carbocycles. The molecule has 0 atom stereocenters. The van der Waals surface area contributed by atoms with E-state index in [9.17, 15) is 9.59 Å². The normalized spacial score (nSPS) is 10.4. The Labute approximate surface area is 110 Å². The molecule has 0 unspecified atom stereocenters. The number of halogens is 1. The number of aromatic amines is 1. The van der Waals surface area contributed by atoms with Crippen molar-refractivity contribution in [2.45, 2.75) is 6.42 Å². The minimum absolute atomic E-state index is 0.174. The molecule has 0 amide bonds. The van der Waals surface area contributed by atoms with Gasteiger partial charge >= 0.3 is 0 Å². The van der Waals surface area contributed by atoms with Gasteiger partial charge in [-0.25, -0.2) is 4.98 Å². The van der Waals surface area contributed by atoms with E-state index >= 15 is 0 Å². The van der Waals surface area contributed by atoms with E-state index in [1.165, 1.54) is 0 Å². The van der Waals surface area contributed by atoms with Crippen LogP contribution in [0, 0.1) is 3.57 Å². The Morgan fingerprint density at radius 2 is 2.29 bits per heavy atom. The van der Waals surface area contributed by atoms with E-state index in [0.717, 1.165) is 3.57 Å². The number of hydrogen-bond acceptors (Lipinski definition) is 4. The van der Waals surface area contributed by atoms with Gasteiger partial charge in [0.05, 0.1) is 17.5 Å². The Morgan fingerprint density at radius 3 is 3.06 bits per heavy atom. The van der Waals surface area contributed by atoms with Crippen molar-refractivity contribution in [1.82, 2.24) is 9.97 Å². The van der Waals surface area contributed by atoms with Gasteiger partial charge in [-0.1, -0.05) is 0 Å². The third-order valence-corrected chi connectivity index (χ3v) is 2.91. The van der Waals surface area contributed by atoms with Gasteiger partial charge in [0, 0.05) is 9.99 Å². The minimum Gasteiger partial charge on any atom is -0.467 e. The summed E-state index contributed by atoms with van der Waals surface area (Å²) in [7, 11) is 0. The van der Waals surface area contributed by atoms with Crippen LogP contribution in [0.3, 0.4) is 0 Å². The first-order chi connectivity index (χ1) is 8.20. The molecular formula is C11H9IN2O3. The summed E-state index contributed by atoms with van der Waals surface area (Å²) in [6.45, 7) is 0.587. The highest BCUT2D eigenvalue weighted by Gasteiger charge is 2.04. The molecule has 0 saturated carbocycles. The monoisotopic (exact) mass is 344 g/mol. The molecular weight excluding hydrogens is 335 g/mol. The second kappa shape index (κ2) is 5.26. The number of nitrogens with one attached hydrogen (secondary N) is 1. The fourth-order valence-electron chi connectivity index (χ4n) is 1.48. The second-order valence-corrected chi connectivity index (χ2v) is 4.64. The number of aromatic nitrogens is 2. The molecule has 88 valence electrons. The van der Waals surface area contributed by atoms with Crippen LogP contribution in [-0.4, -0.2) is 23.0 Å². The van der Waals surface area contributed by atoms with E-state index in [4.69, 9.17) is 0 Å². The average Bonchev–Trinajstić information content (AvgIpc) is 2.28. The van der Waals surface area contributed by atoms with E-state index in [-0.39, 0.29) is 12.2 Å². The van der Waals surface area contributed by atoms with Gasteiger partial charge < -0.3 is 9.72 Å². The molecule has 0 spiro atoms. The molecule has 0 fully saturated rings. The summed E-state index contributed by atoms with van der Waals surface area (Å²) < 4.78 is 5.59. The maximum absolute atomic E-state index is 11.7. The van der Waals surface area contributed by atoms with Crippen LogP contribution in [0.25, 0.3) is 10.9 Å². The maximum Gasteiger partial charge on any atom is 0.293 e. The lowest BCUT2D eigenvalue weighted by Gasteiger charge is -2.02. The molecule has 2 rings (SSSR count). The Hall–Kier alpha value is -1.44. The number of rotatable bonds is 4. The summed E-state index contributed by atoms with van der Waals surface area (Å²) in [5.74, 6) is 0.520. The van der Waals surface area contributed by atoms with Crippen molar-refractivity contribution < 1.29 is 9.53 Å². The number of hydrogen-bond donors (Lipinski definition) is 1. The Kier molecular flexibility index (Phi) is 3.72. The summed E-state index contributed by atoms with van der Waals surface area (Å²) >= 11 is 2.16. The fourth-order valence-corrected chi connectivity index (χ4v) is 1.96. The molecule has 1 N–H and O–H groups in total. The first-order valence-electron chi connectivity index (χ1n) is 4.94. The maximum atomic E-state index is 11.7. The van der Waals surface area contributed by atoms with E-state index in [0.29, 0.717) is 29.6 Å². The lowest BCUT2D eigenvalue weighted by atomic mass is 10.2. The van der Waals surface area contributed by atoms with Crippen molar-refractivity contribution in [2.24, 2.45) is 0 Å². The summed E-state index contributed by atoms with van der Waals surface area (Å²) in [6, 6.07) is 5.44. The van der Waals surface area contributed by atoms with Gasteiger partial charge in [0.25, 0.3) is 12.0 Å². The second-order valence-electron chi connectivity index (χ2n) is 3.39. The largest absolute Gasteiger partial charge is 0.467 e. The zero-order valence-electron chi connectivity index (χ0n) is 8.77. The van der Waals surface area contributed by atoms with Gasteiger partial charge in [0.1, 0.15) is 5.82 Å². The third kappa shape index (κ3) is 2.82. The average molecular weight is 344 g/mol. The van der Waals surface area contributed by atoms with Crippen LogP contribution in [0.5, 0.6) is 0 Å². The highest BCUT2D eigenvalue weighted by molar-refractivity contribution is 14.1. The van der Waals surface area contributed by atoms with Crippen LogP contribution >= 0.6 is 22.6 Å². The van der Waals surface area contributed by atoms with Crippen molar-refractivity contribution in [3.05, 3.63) is 37.9 Å². The number of H-pyrrole nitrogens is 1. The van der Waals surface area contributed by atoms with Gasteiger partial charge in [-0.3, -0.25) is 9.59 Å². The topological polar surface area (TPSA) is 72.0 Å². The molecule has 0 bridgehead atoms. The predicted octanol–water partition coefficient (Wildman–Crippen LogP) is 1.24. The number of ether oxygens (including phenoxy) is 1. The van der Waals surface area contributed by atoms with E-state index in [1.807, 2.05) is 12.1 Å². The van der Waals surface area contributed by atoms with Crippen molar-refractivity contribution >= 4 is 40.0 Å². The molecule has 1 heterocycles. The van der Waals surface area contributed by atoms with Gasteiger partial charge in [-0.2, -0.15) is 0 Å². The van der Waals surface area contributed by atoms with Crippen LogP contribution in [-0.2, 0) is 16.0 Å². The molecule has 0 saturated heterocycles. The molecule has 0 aliphatic heterocycles. The quantitative estimate of drug-likeness (QED) is 0.515. The fraction of sp³-hybridized carbons (Fsp3) is 0.182. The molecule has 5 nitrogen and oxygen atoms in total. The van der Waals surface area contributed by atoms with Crippen LogP contribution in [0.4, 0.5) is 0 Å². The van der Waals surface area contributed by atoms with E-state index in [2.05, 4.69) is 37.3 Å². The zero-order valence-corrected chi connectivity index (χ0v) is 10.9. The number of nitrogens with zero attached hydrogens (tertiary/aromatic N) is 1. The van der Waals surface area contributed by atoms with E-state index < -0.39 is 0 Å². The standard InChI is InChI=1S/C11H9IN2O3/c12-7-1-2-8-9(5-7)13-10(14-11(8)16)3-4-17-6-15/h1-2,5-6H,3-4H2,(H,13,14,16). The molecule has 1 aromatic heterocycles. The number of benzene rings is 1.